The molecule has 4 nitrogen and oxygen atoms in total. The van der Waals surface area contributed by atoms with Gasteiger partial charge in [-0.2, -0.15) is 0 Å². The van der Waals surface area contributed by atoms with E-state index < -0.39 is 0 Å². The van der Waals surface area contributed by atoms with E-state index in [9.17, 15) is 4.79 Å². The number of carbonyl (C=O) groups excluding carboxylic acids is 1. The highest BCUT2D eigenvalue weighted by atomic mass is 32.1. The summed E-state index contributed by atoms with van der Waals surface area (Å²) in [6, 6.07) is 0.354. The molecule has 2 aromatic heterocycles. The lowest BCUT2D eigenvalue weighted by Crippen LogP contribution is -2.39. The molecule has 0 aliphatic heterocycles. The summed E-state index contributed by atoms with van der Waals surface area (Å²) < 4.78 is 0. The zero-order valence-corrected chi connectivity index (χ0v) is 10.7. The van der Waals surface area contributed by atoms with E-state index in [1.54, 1.807) is 11.6 Å². The van der Waals surface area contributed by atoms with Gasteiger partial charge in [-0.25, -0.2) is 9.97 Å². The van der Waals surface area contributed by atoms with Crippen molar-refractivity contribution in [3.8, 4) is 10.0 Å². The quantitative estimate of drug-likeness (QED) is 0.928. The average Bonchev–Trinajstić information content (AvgIpc) is 2.91. The Kier molecular flexibility index (Phi) is 2.90. The third-order valence-electron chi connectivity index (χ3n) is 2.79. The van der Waals surface area contributed by atoms with Crippen LogP contribution in [0.4, 0.5) is 0 Å². The van der Waals surface area contributed by atoms with E-state index in [2.05, 4.69) is 15.3 Å². The highest BCUT2D eigenvalue weighted by Crippen LogP contribution is 2.25. The molecule has 1 N–H and O–H groups in total. The van der Waals surface area contributed by atoms with Gasteiger partial charge in [0.2, 0.25) is 0 Å². The van der Waals surface area contributed by atoms with Crippen molar-refractivity contribution in [3.05, 3.63) is 22.7 Å². The van der Waals surface area contributed by atoms with E-state index >= 15 is 0 Å². The Balaban J connectivity index is 1.73. The van der Waals surface area contributed by atoms with Crippen LogP contribution in [0.3, 0.4) is 0 Å². The Hall–Kier alpha value is -1.27. The summed E-state index contributed by atoms with van der Waals surface area (Å²) >= 11 is 3.00. The Labute approximate surface area is 107 Å². The van der Waals surface area contributed by atoms with Gasteiger partial charge in [0, 0.05) is 23.0 Å². The van der Waals surface area contributed by atoms with Crippen LogP contribution in [0.15, 0.2) is 17.0 Å². The van der Waals surface area contributed by atoms with Crippen molar-refractivity contribution >= 4 is 28.6 Å². The van der Waals surface area contributed by atoms with E-state index in [0.29, 0.717) is 11.7 Å². The highest BCUT2D eigenvalue weighted by molar-refractivity contribution is 7.19. The number of amides is 1. The van der Waals surface area contributed by atoms with Crippen LogP contribution in [0.5, 0.6) is 0 Å². The highest BCUT2D eigenvalue weighted by Gasteiger charge is 2.21. The fraction of sp³-hybridized carbons (Fsp3) is 0.364. The van der Waals surface area contributed by atoms with Crippen molar-refractivity contribution in [1.29, 1.82) is 0 Å². The van der Waals surface area contributed by atoms with E-state index in [0.717, 1.165) is 22.9 Å². The molecule has 0 bridgehead atoms. The van der Waals surface area contributed by atoms with Gasteiger partial charge in [-0.1, -0.05) is 0 Å². The monoisotopic (exact) mass is 265 g/mol. The van der Waals surface area contributed by atoms with E-state index in [1.807, 2.05) is 5.38 Å². The molecule has 2 heterocycles. The third-order valence-corrected chi connectivity index (χ3v) is 4.55. The minimum Gasteiger partial charge on any atom is -0.348 e. The average molecular weight is 265 g/mol. The summed E-state index contributed by atoms with van der Waals surface area (Å²) in [4.78, 5) is 20.3. The Morgan fingerprint density at radius 3 is 2.88 bits per heavy atom. The first-order valence-electron chi connectivity index (χ1n) is 5.49. The minimum atomic E-state index is -0.0613. The van der Waals surface area contributed by atoms with Crippen molar-refractivity contribution in [2.24, 2.45) is 0 Å². The molecule has 0 unspecified atom stereocenters. The number of carbonyl (C=O) groups is 1. The second-order valence-corrected chi connectivity index (χ2v) is 5.73. The van der Waals surface area contributed by atoms with Crippen LogP contribution in [0, 0.1) is 0 Å². The molecule has 1 aliphatic rings. The standard InChI is InChI=1S/C11H11N3OS2/c15-9(13-7-2-1-3-7)8-6-17-11(14-8)10-12-4-5-16-10/h4-7H,1-3H2,(H,13,15). The Morgan fingerprint density at radius 1 is 1.35 bits per heavy atom. The van der Waals surface area contributed by atoms with Crippen LogP contribution in [0.2, 0.25) is 0 Å². The van der Waals surface area contributed by atoms with Gasteiger partial charge >= 0.3 is 0 Å². The molecule has 0 atom stereocenters. The third kappa shape index (κ3) is 2.23. The lowest BCUT2D eigenvalue weighted by atomic mass is 9.93. The van der Waals surface area contributed by atoms with Crippen molar-refractivity contribution in [1.82, 2.24) is 15.3 Å². The zero-order valence-electron chi connectivity index (χ0n) is 9.05. The van der Waals surface area contributed by atoms with Gasteiger partial charge in [-0.05, 0) is 19.3 Å². The molecule has 6 heteroatoms. The summed E-state index contributed by atoms with van der Waals surface area (Å²) in [6.45, 7) is 0. The lowest BCUT2D eigenvalue weighted by Gasteiger charge is -2.25. The Bertz CT molecular complexity index is 517. The number of nitrogens with one attached hydrogen (secondary N) is 1. The van der Waals surface area contributed by atoms with Crippen molar-refractivity contribution < 1.29 is 4.79 Å². The van der Waals surface area contributed by atoms with Crippen LogP contribution >= 0.6 is 22.7 Å². The first-order chi connectivity index (χ1) is 8.33. The molecule has 1 fully saturated rings. The molecular weight excluding hydrogens is 254 g/mol. The van der Waals surface area contributed by atoms with E-state index in [4.69, 9.17) is 0 Å². The number of rotatable bonds is 3. The number of thiazole rings is 2. The maximum absolute atomic E-state index is 11.8. The van der Waals surface area contributed by atoms with E-state index in [-0.39, 0.29) is 5.91 Å². The second-order valence-electron chi connectivity index (χ2n) is 3.98. The van der Waals surface area contributed by atoms with Crippen LogP contribution < -0.4 is 5.32 Å². The van der Waals surface area contributed by atoms with Gasteiger partial charge in [0.25, 0.3) is 5.91 Å². The number of aromatic nitrogens is 2. The first-order valence-corrected chi connectivity index (χ1v) is 7.25. The van der Waals surface area contributed by atoms with Gasteiger partial charge in [0.05, 0.1) is 0 Å². The molecule has 0 aromatic carbocycles. The van der Waals surface area contributed by atoms with Crippen LogP contribution in [-0.4, -0.2) is 21.9 Å². The molecule has 1 aliphatic carbocycles. The lowest BCUT2D eigenvalue weighted by molar-refractivity contribution is 0.0912. The maximum Gasteiger partial charge on any atom is 0.270 e. The SMILES string of the molecule is O=C(NC1CCC1)c1csc(-c2nccs2)n1. The zero-order chi connectivity index (χ0) is 11.7. The normalized spacial score (nSPS) is 15.5. The van der Waals surface area contributed by atoms with Gasteiger partial charge < -0.3 is 5.32 Å². The number of hydrogen-bond donors (Lipinski definition) is 1. The number of nitrogens with zero attached hydrogens (tertiary/aromatic N) is 2. The molecule has 0 saturated heterocycles. The molecule has 2 aromatic rings. The summed E-state index contributed by atoms with van der Waals surface area (Å²) in [5.74, 6) is -0.0613. The summed E-state index contributed by atoms with van der Waals surface area (Å²) in [5, 5.41) is 8.37. The smallest absolute Gasteiger partial charge is 0.270 e. The topological polar surface area (TPSA) is 54.9 Å². The molecule has 17 heavy (non-hydrogen) atoms. The predicted octanol–water partition coefficient (Wildman–Crippen LogP) is 2.55. The molecule has 3 rings (SSSR count). The summed E-state index contributed by atoms with van der Waals surface area (Å²) in [6.07, 6.45) is 5.15. The van der Waals surface area contributed by atoms with Gasteiger partial charge in [0.15, 0.2) is 10.0 Å². The molecule has 0 spiro atoms. The molecule has 0 radical (unpaired) electrons. The van der Waals surface area contributed by atoms with Crippen LogP contribution in [0.1, 0.15) is 29.8 Å². The van der Waals surface area contributed by atoms with Gasteiger partial charge in [0.1, 0.15) is 5.69 Å². The fourth-order valence-corrected chi connectivity index (χ4v) is 3.11. The fourth-order valence-electron chi connectivity index (χ4n) is 1.62. The van der Waals surface area contributed by atoms with Gasteiger partial charge in [-0.15, -0.1) is 22.7 Å². The molecule has 1 amide bonds. The largest absolute Gasteiger partial charge is 0.348 e. The molecule has 1 saturated carbocycles. The number of hydrogen-bond acceptors (Lipinski definition) is 5. The predicted molar refractivity (Wildman–Crippen MR) is 68.3 cm³/mol. The molecule has 88 valence electrons. The summed E-state index contributed by atoms with van der Waals surface area (Å²) in [5.41, 5.74) is 0.507. The Morgan fingerprint density at radius 2 is 2.24 bits per heavy atom. The first kappa shape index (κ1) is 10.9. The second kappa shape index (κ2) is 4.54. The summed E-state index contributed by atoms with van der Waals surface area (Å²) in [7, 11) is 0. The van der Waals surface area contributed by atoms with Crippen molar-refractivity contribution in [2.75, 3.05) is 0 Å². The van der Waals surface area contributed by atoms with Crippen LogP contribution in [0.25, 0.3) is 10.0 Å². The van der Waals surface area contributed by atoms with Crippen LogP contribution in [-0.2, 0) is 0 Å². The maximum atomic E-state index is 11.8. The minimum absolute atomic E-state index is 0.0613. The van der Waals surface area contributed by atoms with Crippen molar-refractivity contribution in [3.63, 3.8) is 0 Å². The van der Waals surface area contributed by atoms with E-state index in [1.165, 1.54) is 29.1 Å². The van der Waals surface area contributed by atoms with Gasteiger partial charge in [-0.3, -0.25) is 4.79 Å². The molecular formula is C11H11N3OS2. The van der Waals surface area contributed by atoms with Crippen molar-refractivity contribution in [2.45, 2.75) is 25.3 Å².